The first-order valence-corrected chi connectivity index (χ1v) is 8.66. The van der Waals surface area contributed by atoms with Crippen LogP contribution < -0.4 is 5.32 Å². The molecular weight excluding hydrogens is 272 g/mol. The molecule has 0 aliphatic carbocycles. The Labute approximate surface area is 135 Å². The zero-order chi connectivity index (χ0) is 15.8. The van der Waals surface area contributed by atoms with E-state index in [2.05, 4.69) is 36.2 Å². The Morgan fingerprint density at radius 3 is 2.55 bits per heavy atom. The summed E-state index contributed by atoms with van der Waals surface area (Å²) in [7, 11) is 0. The van der Waals surface area contributed by atoms with Crippen LogP contribution in [0.5, 0.6) is 0 Å². The van der Waals surface area contributed by atoms with Gasteiger partial charge in [-0.2, -0.15) is 0 Å². The van der Waals surface area contributed by atoms with E-state index in [1.807, 2.05) is 18.2 Å². The molecule has 1 aromatic rings. The second-order valence-electron chi connectivity index (χ2n) is 6.89. The summed E-state index contributed by atoms with van der Waals surface area (Å²) in [5, 5.41) is 3.05. The Morgan fingerprint density at radius 1 is 1.18 bits per heavy atom. The van der Waals surface area contributed by atoms with E-state index < -0.39 is 0 Å². The van der Waals surface area contributed by atoms with Crippen LogP contribution in [0.25, 0.3) is 0 Å². The highest BCUT2D eigenvalue weighted by Gasteiger charge is 2.20. The predicted molar refractivity (Wildman–Crippen MR) is 91.8 cm³/mol. The molecule has 1 fully saturated rings. The molecule has 0 unspecified atom stereocenters. The number of carbonyl (C=O) groups is 1. The van der Waals surface area contributed by atoms with Gasteiger partial charge in [0.15, 0.2) is 0 Å². The van der Waals surface area contributed by atoms with Crippen LogP contribution in [0, 0.1) is 11.8 Å². The molecule has 1 N–H and O–H groups in total. The summed E-state index contributed by atoms with van der Waals surface area (Å²) in [4.78, 5) is 14.4. The van der Waals surface area contributed by atoms with Crippen molar-refractivity contribution in [3.05, 3.63) is 35.9 Å². The molecule has 22 heavy (non-hydrogen) atoms. The molecule has 1 aliphatic rings. The highest BCUT2D eigenvalue weighted by molar-refractivity contribution is 5.76. The maximum Gasteiger partial charge on any atom is 0.220 e. The molecule has 0 bridgehead atoms. The van der Waals surface area contributed by atoms with E-state index in [-0.39, 0.29) is 5.91 Å². The summed E-state index contributed by atoms with van der Waals surface area (Å²) in [5.74, 6) is 1.79. The summed E-state index contributed by atoms with van der Waals surface area (Å²) in [6, 6.07) is 10.2. The molecule has 3 nitrogen and oxygen atoms in total. The molecule has 3 heteroatoms. The van der Waals surface area contributed by atoms with Crippen molar-refractivity contribution in [3.63, 3.8) is 0 Å². The minimum absolute atomic E-state index is 0.171. The van der Waals surface area contributed by atoms with E-state index in [1.54, 1.807) is 0 Å². The molecule has 1 aliphatic heterocycles. The SMILES string of the molecule is C[C@H]1C[C@H](C)CN(CCCNC(=O)CCc2ccccc2)C1. The van der Waals surface area contributed by atoms with E-state index in [0.29, 0.717) is 6.42 Å². The fraction of sp³-hybridized carbons (Fsp3) is 0.632. The fourth-order valence-electron chi connectivity index (χ4n) is 3.50. The third-order valence-corrected chi connectivity index (χ3v) is 4.40. The van der Waals surface area contributed by atoms with Crippen LogP contribution in [-0.4, -0.2) is 37.0 Å². The Bertz CT molecular complexity index is 436. The van der Waals surface area contributed by atoms with Gasteiger partial charge in [-0.1, -0.05) is 44.2 Å². The normalized spacial score (nSPS) is 22.5. The van der Waals surface area contributed by atoms with Gasteiger partial charge in [0.2, 0.25) is 5.91 Å². The Balaban J connectivity index is 1.55. The molecule has 0 radical (unpaired) electrons. The Kier molecular flexibility index (Phi) is 6.91. The van der Waals surface area contributed by atoms with Crippen molar-refractivity contribution in [1.82, 2.24) is 10.2 Å². The summed E-state index contributed by atoms with van der Waals surface area (Å²) >= 11 is 0. The number of amides is 1. The molecule has 1 aromatic carbocycles. The van der Waals surface area contributed by atoms with Gasteiger partial charge in [-0.15, -0.1) is 0 Å². The van der Waals surface area contributed by atoms with Crippen LogP contribution in [0.15, 0.2) is 30.3 Å². The van der Waals surface area contributed by atoms with Gasteiger partial charge >= 0.3 is 0 Å². The number of likely N-dealkylation sites (tertiary alicyclic amines) is 1. The molecule has 2 rings (SSSR count). The molecule has 1 saturated heterocycles. The van der Waals surface area contributed by atoms with Gasteiger partial charge in [-0.25, -0.2) is 0 Å². The summed E-state index contributed by atoms with van der Waals surface area (Å²) in [5.41, 5.74) is 1.23. The predicted octanol–water partition coefficient (Wildman–Crippen LogP) is 3.10. The van der Waals surface area contributed by atoms with Crippen LogP contribution in [0.1, 0.15) is 38.7 Å². The summed E-state index contributed by atoms with van der Waals surface area (Å²) < 4.78 is 0. The molecular formula is C19H30N2O. The fourth-order valence-corrected chi connectivity index (χ4v) is 3.50. The lowest BCUT2D eigenvalue weighted by Crippen LogP contribution is -2.40. The zero-order valence-corrected chi connectivity index (χ0v) is 14.1. The summed E-state index contributed by atoms with van der Waals surface area (Å²) in [6.45, 7) is 9.02. The van der Waals surface area contributed by atoms with Gasteiger partial charge in [0.05, 0.1) is 0 Å². The number of hydrogen-bond acceptors (Lipinski definition) is 2. The first-order valence-electron chi connectivity index (χ1n) is 8.66. The molecule has 0 aromatic heterocycles. The second-order valence-corrected chi connectivity index (χ2v) is 6.89. The number of aryl methyl sites for hydroxylation is 1. The minimum Gasteiger partial charge on any atom is -0.356 e. The van der Waals surface area contributed by atoms with Crippen molar-refractivity contribution in [2.24, 2.45) is 11.8 Å². The van der Waals surface area contributed by atoms with Crippen molar-refractivity contribution in [2.75, 3.05) is 26.2 Å². The highest BCUT2D eigenvalue weighted by Crippen LogP contribution is 2.20. The largest absolute Gasteiger partial charge is 0.356 e. The van der Waals surface area contributed by atoms with Gasteiger partial charge < -0.3 is 10.2 Å². The first kappa shape index (κ1) is 17.0. The lowest BCUT2D eigenvalue weighted by molar-refractivity contribution is -0.121. The van der Waals surface area contributed by atoms with Crippen LogP contribution in [0.3, 0.4) is 0 Å². The Morgan fingerprint density at radius 2 is 1.86 bits per heavy atom. The molecule has 0 spiro atoms. The smallest absolute Gasteiger partial charge is 0.220 e. The van der Waals surface area contributed by atoms with E-state index >= 15 is 0 Å². The lowest BCUT2D eigenvalue weighted by Gasteiger charge is -2.34. The maximum atomic E-state index is 11.8. The van der Waals surface area contributed by atoms with E-state index in [4.69, 9.17) is 0 Å². The van der Waals surface area contributed by atoms with Gasteiger partial charge in [0.25, 0.3) is 0 Å². The highest BCUT2D eigenvalue weighted by atomic mass is 16.1. The Hall–Kier alpha value is -1.35. The second kappa shape index (κ2) is 8.94. The van der Waals surface area contributed by atoms with Crippen molar-refractivity contribution in [3.8, 4) is 0 Å². The first-order chi connectivity index (χ1) is 10.6. The van der Waals surface area contributed by atoms with Crippen LogP contribution in [0.4, 0.5) is 0 Å². The van der Waals surface area contributed by atoms with E-state index in [1.165, 1.54) is 25.1 Å². The van der Waals surface area contributed by atoms with E-state index in [9.17, 15) is 4.79 Å². The average Bonchev–Trinajstić information content (AvgIpc) is 2.50. The monoisotopic (exact) mass is 302 g/mol. The van der Waals surface area contributed by atoms with Crippen molar-refractivity contribution >= 4 is 5.91 Å². The number of carbonyl (C=O) groups excluding carboxylic acids is 1. The van der Waals surface area contributed by atoms with Gasteiger partial charge in [-0.05, 0) is 43.2 Å². The third kappa shape index (κ3) is 6.18. The van der Waals surface area contributed by atoms with Crippen molar-refractivity contribution in [1.29, 1.82) is 0 Å². The molecule has 0 saturated carbocycles. The summed E-state index contributed by atoms with van der Waals surface area (Å²) in [6.07, 6.45) is 3.82. The number of benzene rings is 1. The topological polar surface area (TPSA) is 32.3 Å². The number of nitrogens with one attached hydrogen (secondary N) is 1. The van der Waals surface area contributed by atoms with Gasteiger partial charge in [0.1, 0.15) is 0 Å². The van der Waals surface area contributed by atoms with Gasteiger partial charge in [0, 0.05) is 26.1 Å². The standard InChI is InChI=1S/C19H30N2O/c1-16-13-17(2)15-21(14-16)12-6-11-20-19(22)10-9-18-7-4-3-5-8-18/h3-5,7-8,16-17H,6,9-15H2,1-2H3,(H,20,22)/t16-,17-/m0/s1. The van der Waals surface area contributed by atoms with E-state index in [0.717, 1.165) is 37.8 Å². The zero-order valence-electron chi connectivity index (χ0n) is 14.1. The number of rotatable bonds is 7. The number of piperidine rings is 1. The molecule has 122 valence electrons. The van der Waals surface area contributed by atoms with Gasteiger partial charge in [-0.3, -0.25) is 4.79 Å². The van der Waals surface area contributed by atoms with Crippen molar-refractivity contribution in [2.45, 2.75) is 39.5 Å². The minimum atomic E-state index is 0.171. The maximum absolute atomic E-state index is 11.8. The van der Waals surface area contributed by atoms with Crippen LogP contribution in [0.2, 0.25) is 0 Å². The molecule has 1 amide bonds. The quantitative estimate of drug-likeness (QED) is 0.785. The lowest BCUT2D eigenvalue weighted by atomic mass is 9.92. The third-order valence-electron chi connectivity index (χ3n) is 4.40. The molecule has 2 atom stereocenters. The van der Waals surface area contributed by atoms with Crippen molar-refractivity contribution < 1.29 is 4.79 Å². The van der Waals surface area contributed by atoms with Crippen LogP contribution >= 0.6 is 0 Å². The molecule has 1 heterocycles. The van der Waals surface area contributed by atoms with Crippen LogP contribution in [-0.2, 0) is 11.2 Å². The average molecular weight is 302 g/mol. The number of hydrogen-bond donors (Lipinski definition) is 1. The number of nitrogens with zero attached hydrogens (tertiary/aromatic N) is 1.